The molecule has 22 heavy (non-hydrogen) atoms. The Morgan fingerprint density at radius 2 is 1.68 bits per heavy atom. The highest BCUT2D eigenvalue weighted by molar-refractivity contribution is 7.89. The van der Waals surface area contributed by atoms with E-state index in [2.05, 4.69) is 10.2 Å². The first kappa shape index (κ1) is 14.6. The molecule has 0 saturated carbocycles. The third-order valence-corrected chi connectivity index (χ3v) is 4.95. The summed E-state index contributed by atoms with van der Waals surface area (Å²) in [6.45, 7) is 0. The smallest absolute Gasteiger partial charge is 0.238 e. The molecule has 0 aliphatic heterocycles. The number of nitrogens with two attached hydrogens (primary N) is 1. The van der Waals surface area contributed by atoms with Crippen LogP contribution in [0.2, 0.25) is 0 Å². The van der Waals surface area contributed by atoms with Crippen LogP contribution in [0.3, 0.4) is 0 Å². The van der Waals surface area contributed by atoms with E-state index in [-0.39, 0.29) is 10.6 Å². The van der Waals surface area contributed by atoms with Crippen LogP contribution in [0, 0.1) is 0 Å². The molecule has 1 heterocycles. The zero-order valence-electron chi connectivity index (χ0n) is 11.2. The molecule has 3 rings (SSSR count). The Bertz CT molecular complexity index is 961. The second kappa shape index (κ2) is 5.48. The Hall–Kier alpha value is -2.29. The van der Waals surface area contributed by atoms with Gasteiger partial charge in [0, 0.05) is 10.1 Å². The molecule has 2 aromatic carbocycles. The fourth-order valence-corrected chi connectivity index (χ4v) is 3.33. The van der Waals surface area contributed by atoms with Gasteiger partial charge >= 0.3 is 0 Å². The van der Waals surface area contributed by atoms with Gasteiger partial charge in [0.15, 0.2) is 10.8 Å². The zero-order chi connectivity index (χ0) is 15.7. The minimum atomic E-state index is -3.72. The van der Waals surface area contributed by atoms with E-state index >= 15 is 0 Å². The molecule has 0 fully saturated rings. The van der Waals surface area contributed by atoms with E-state index in [4.69, 9.17) is 5.14 Å². The van der Waals surface area contributed by atoms with Gasteiger partial charge in [-0.25, -0.2) is 13.6 Å². The molecule has 0 spiro atoms. The van der Waals surface area contributed by atoms with Gasteiger partial charge in [-0.1, -0.05) is 12.1 Å². The number of fused-ring (bicyclic) bond motifs is 1. The fraction of sp³-hybridized carbons (Fsp3) is 0. The third kappa shape index (κ3) is 2.84. The number of sulfonamides is 1. The van der Waals surface area contributed by atoms with Crippen LogP contribution in [-0.2, 0) is 10.0 Å². The van der Waals surface area contributed by atoms with Crippen molar-refractivity contribution in [1.82, 2.24) is 0 Å². The maximum atomic E-state index is 11.2. The fourth-order valence-electron chi connectivity index (χ4n) is 1.89. The van der Waals surface area contributed by atoms with Crippen molar-refractivity contribution in [1.29, 1.82) is 0 Å². The highest BCUT2D eigenvalue weighted by Gasteiger charge is 2.10. The largest absolute Gasteiger partial charge is 0.504 e. The Morgan fingerprint density at radius 1 is 1.00 bits per heavy atom. The lowest BCUT2D eigenvalue weighted by Crippen LogP contribution is -2.11. The molecular weight excluding hydrogens is 322 g/mol. The molecule has 0 bridgehead atoms. The molecule has 0 aliphatic rings. The van der Waals surface area contributed by atoms with Crippen LogP contribution in [0.1, 0.15) is 0 Å². The zero-order valence-corrected chi connectivity index (χ0v) is 12.8. The number of rotatable bonds is 3. The predicted molar refractivity (Wildman–Crippen MR) is 85.5 cm³/mol. The average Bonchev–Trinajstić information content (AvgIpc) is 2.82. The number of benzene rings is 2. The normalized spacial score (nSPS) is 12.2. The first-order valence-corrected chi connectivity index (χ1v) is 8.56. The lowest BCUT2D eigenvalue weighted by Gasteiger charge is -1.97. The minimum absolute atomic E-state index is 0.0103. The van der Waals surface area contributed by atoms with Gasteiger partial charge in [0.25, 0.3) is 0 Å². The van der Waals surface area contributed by atoms with Crippen molar-refractivity contribution in [3.63, 3.8) is 0 Å². The third-order valence-electron chi connectivity index (χ3n) is 2.97. The summed E-state index contributed by atoms with van der Waals surface area (Å²) >= 11 is 1.32. The summed E-state index contributed by atoms with van der Waals surface area (Å²) in [6.07, 6.45) is 0. The number of primary sulfonamides is 1. The monoisotopic (exact) mass is 333 g/mol. The SMILES string of the molecule is NS(=O)(=O)c1ccc(N=Nc2sc3ccccc3c2O)cc1. The van der Waals surface area contributed by atoms with Gasteiger partial charge in [0.1, 0.15) is 0 Å². The molecular formula is C14H11N3O3S2. The Labute approximate surface area is 130 Å². The van der Waals surface area contributed by atoms with E-state index in [9.17, 15) is 13.5 Å². The Kier molecular flexibility index (Phi) is 3.65. The molecule has 0 saturated heterocycles. The molecule has 3 aromatic rings. The van der Waals surface area contributed by atoms with Gasteiger partial charge in [-0.05, 0) is 36.4 Å². The van der Waals surface area contributed by atoms with Crippen LogP contribution in [0.5, 0.6) is 5.75 Å². The summed E-state index contributed by atoms with van der Waals surface area (Å²) in [5, 5.41) is 24.2. The first-order chi connectivity index (χ1) is 10.4. The highest BCUT2D eigenvalue weighted by atomic mass is 32.2. The standard InChI is InChI=1S/C14H11N3O3S2/c15-22(19,20)10-7-5-9(6-8-10)16-17-14-13(18)11-3-1-2-4-12(11)21-14/h1-8,18H,(H2,15,19,20). The summed E-state index contributed by atoms with van der Waals surface area (Å²) < 4.78 is 23.2. The quantitative estimate of drug-likeness (QED) is 0.714. The van der Waals surface area contributed by atoms with E-state index in [1.807, 2.05) is 18.2 Å². The summed E-state index contributed by atoms with van der Waals surface area (Å²) in [4.78, 5) is 0.0103. The molecule has 3 N–H and O–H groups in total. The molecule has 0 unspecified atom stereocenters. The van der Waals surface area contributed by atoms with Crippen molar-refractivity contribution >= 4 is 42.1 Å². The van der Waals surface area contributed by atoms with Crippen molar-refractivity contribution < 1.29 is 13.5 Å². The maximum Gasteiger partial charge on any atom is 0.238 e. The van der Waals surface area contributed by atoms with Crippen LogP contribution in [0.4, 0.5) is 10.7 Å². The Morgan fingerprint density at radius 3 is 2.32 bits per heavy atom. The van der Waals surface area contributed by atoms with Gasteiger partial charge in [-0.2, -0.15) is 0 Å². The second-order valence-corrected chi connectivity index (χ2v) is 7.08. The average molecular weight is 333 g/mol. The van der Waals surface area contributed by atoms with Gasteiger partial charge in [0.05, 0.1) is 10.6 Å². The molecule has 112 valence electrons. The van der Waals surface area contributed by atoms with Crippen LogP contribution in [0.25, 0.3) is 10.1 Å². The predicted octanol–water partition coefficient (Wildman–Crippen LogP) is 3.67. The van der Waals surface area contributed by atoms with E-state index in [0.29, 0.717) is 10.7 Å². The lowest BCUT2D eigenvalue weighted by molar-refractivity contribution is 0.484. The number of azo groups is 1. The van der Waals surface area contributed by atoms with Crippen molar-refractivity contribution in [2.75, 3.05) is 0 Å². The molecule has 0 radical (unpaired) electrons. The topological polar surface area (TPSA) is 105 Å². The van der Waals surface area contributed by atoms with Crippen molar-refractivity contribution in [2.24, 2.45) is 15.4 Å². The molecule has 1 aromatic heterocycles. The van der Waals surface area contributed by atoms with Crippen molar-refractivity contribution in [3.8, 4) is 5.75 Å². The summed E-state index contributed by atoms with van der Waals surface area (Å²) in [5.41, 5.74) is 0.462. The minimum Gasteiger partial charge on any atom is -0.504 e. The number of hydrogen-bond donors (Lipinski definition) is 2. The van der Waals surface area contributed by atoms with Crippen LogP contribution in [-0.4, -0.2) is 13.5 Å². The molecule has 0 amide bonds. The highest BCUT2D eigenvalue weighted by Crippen LogP contribution is 2.43. The lowest BCUT2D eigenvalue weighted by atomic mass is 10.2. The van der Waals surface area contributed by atoms with Gasteiger partial charge in [-0.3, -0.25) is 0 Å². The van der Waals surface area contributed by atoms with Crippen molar-refractivity contribution in [3.05, 3.63) is 48.5 Å². The second-order valence-electron chi connectivity index (χ2n) is 4.49. The van der Waals surface area contributed by atoms with E-state index in [1.54, 1.807) is 6.07 Å². The molecule has 0 aliphatic carbocycles. The number of thiophene rings is 1. The van der Waals surface area contributed by atoms with Gasteiger partial charge in [0.2, 0.25) is 10.0 Å². The maximum absolute atomic E-state index is 11.2. The number of nitrogens with zero attached hydrogens (tertiary/aromatic N) is 2. The van der Waals surface area contributed by atoms with Crippen molar-refractivity contribution in [2.45, 2.75) is 4.90 Å². The summed E-state index contributed by atoms with van der Waals surface area (Å²) in [7, 11) is -3.72. The van der Waals surface area contributed by atoms with Crippen LogP contribution in [0.15, 0.2) is 63.7 Å². The number of aromatic hydroxyl groups is 1. The molecule has 0 atom stereocenters. The summed E-state index contributed by atoms with van der Waals surface area (Å²) in [5.74, 6) is 0.0884. The van der Waals surface area contributed by atoms with Crippen LogP contribution < -0.4 is 5.14 Å². The van der Waals surface area contributed by atoms with Gasteiger partial charge in [-0.15, -0.1) is 21.6 Å². The van der Waals surface area contributed by atoms with Gasteiger partial charge < -0.3 is 5.11 Å². The van der Waals surface area contributed by atoms with E-state index < -0.39 is 10.0 Å². The molecule has 8 heteroatoms. The van der Waals surface area contributed by atoms with Crippen LogP contribution >= 0.6 is 11.3 Å². The first-order valence-electron chi connectivity index (χ1n) is 6.20. The van der Waals surface area contributed by atoms with E-state index in [0.717, 1.165) is 10.1 Å². The van der Waals surface area contributed by atoms with E-state index in [1.165, 1.54) is 35.6 Å². The molecule has 6 nitrogen and oxygen atoms in total. The summed E-state index contributed by atoms with van der Waals surface area (Å²) in [6, 6.07) is 13.1. The Balaban J connectivity index is 1.91. The number of hydrogen-bond acceptors (Lipinski definition) is 6.